The van der Waals surface area contributed by atoms with Gasteiger partial charge >= 0.3 is 0 Å². The maximum absolute atomic E-state index is 12.4. The van der Waals surface area contributed by atoms with E-state index in [2.05, 4.69) is 4.90 Å². The molecule has 0 unspecified atom stereocenters. The Kier molecular flexibility index (Phi) is 3.05. The zero-order valence-corrected chi connectivity index (χ0v) is 12.0. The van der Waals surface area contributed by atoms with Crippen molar-refractivity contribution in [3.8, 4) is 5.75 Å². The number of rotatable bonds is 1. The Morgan fingerprint density at radius 1 is 1.28 bits per heavy atom. The molecule has 0 amide bonds. The van der Waals surface area contributed by atoms with Gasteiger partial charge in [0.2, 0.25) is 0 Å². The maximum Gasteiger partial charge on any atom is 0.183 e. The molecule has 0 bridgehead atoms. The lowest BCUT2D eigenvalue weighted by Gasteiger charge is -2.28. The van der Waals surface area contributed by atoms with E-state index < -0.39 is 14.6 Å². The SMILES string of the molecule is CN1CCOc2cc(S(=O)(=O)C(C)(C)C)ccc21. The summed E-state index contributed by atoms with van der Waals surface area (Å²) in [6, 6.07) is 5.10. The third kappa shape index (κ3) is 2.07. The number of anilines is 1. The van der Waals surface area contributed by atoms with Crippen molar-refractivity contribution in [3.63, 3.8) is 0 Å². The topological polar surface area (TPSA) is 46.6 Å². The summed E-state index contributed by atoms with van der Waals surface area (Å²) in [6.45, 7) is 6.51. The summed E-state index contributed by atoms with van der Waals surface area (Å²) in [7, 11) is -1.35. The van der Waals surface area contributed by atoms with Crippen molar-refractivity contribution in [3.05, 3.63) is 18.2 Å². The fourth-order valence-corrected chi connectivity index (χ4v) is 3.08. The molecule has 1 heterocycles. The Bertz CT molecular complexity index is 558. The standard InChI is InChI=1S/C13H19NO3S/c1-13(2,3)18(15,16)10-5-6-11-12(9-10)17-8-7-14(11)4/h5-6,9H,7-8H2,1-4H3. The van der Waals surface area contributed by atoms with E-state index in [1.807, 2.05) is 13.1 Å². The van der Waals surface area contributed by atoms with Crippen LogP contribution in [0.15, 0.2) is 23.1 Å². The Morgan fingerprint density at radius 3 is 2.56 bits per heavy atom. The Morgan fingerprint density at radius 2 is 1.94 bits per heavy atom. The minimum atomic E-state index is -3.33. The number of nitrogens with zero attached hydrogens (tertiary/aromatic N) is 1. The molecule has 0 saturated carbocycles. The average molecular weight is 269 g/mol. The van der Waals surface area contributed by atoms with E-state index >= 15 is 0 Å². The molecule has 1 aliphatic rings. The zero-order valence-electron chi connectivity index (χ0n) is 11.2. The summed E-state index contributed by atoms with van der Waals surface area (Å²) in [5.74, 6) is 0.647. The van der Waals surface area contributed by atoms with E-state index in [-0.39, 0.29) is 0 Å². The van der Waals surface area contributed by atoms with Crippen LogP contribution in [0.4, 0.5) is 5.69 Å². The highest BCUT2D eigenvalue weighted by Crippen LogP contribution is 2.35. The van der Waals surface area contributed by atoms with Crippen LogP contribution in [0.3, 0.4) is 0 Å². The first-order valence-corrected chi connectivity index (χ1v) is 7.44. The molecule has 0 spiro atoms. The number of hydrogen-bond acceptors (Lipinski definition) is 4. The number of benzene rings is 1. The van der Waals surface area contributed by atoms with Gasteiger partial charge in [0, 0.05) is 13.1 Å². The third-order valence-electron chi connectivity index (χ3n) is 3.14. The van der Waals surface area contributed by atoms with Gasteiger partial charge in [0.25, 0.3) is 0 Å². The van der Waals surface area contributed by atoms with Crippen LogP contribution in [0.1, 0.15) is 20.8 Å². The van der Waals surface area contributed by atoms with E-state index in [1.165, 1.54) is 0 Å². The molecule has 0 radical (unpaired) electrons. The van der Waals surface area contributed by atoms with Gasteiger partial charge in [-0.3, -0.25) is 0 Å². The van der Waals surface area contributed by atoms with Crippen molar-refractivity contribution >= 4 is 15.5 Å². The molecule has 0 saturated heterocycles. The van der Waals surface area contributed by atoms with Gasteiger partial charge < -0.3 is 9.64 Å². The van der Waals surface area contributed by atoms with Gasteiger partial charge in [-0.15, -0.1) is 0 Å². The van der Waals surface area contributed by atoms with Crippen molar-refractivity contribution in [1.82, 2.24) is 0 Å². The maximum atomic E-state index is 12.4. The fourth-order valence-electron chi connectivity index (χ4n) is 1.86. The number of hydrogen-bond donors (Lipinski definition) is 0. The summed E-state index contributed by atoms with van der Waals surface area (Å²) in [5, 5.41) is 0. The van der Waals surface area contributed by atoms with Gasteiger partial charge in [0.15, 0.2) is 9.84 Å². The zero-order chi connectivity index (χ0) is 13.6. The molecule has 1 aromatic carbocycles. The second-order valence-electron chi connectivity index (χ2n) is 5.52. The number of sulfone groups is 1. The lowest BCUT2D eigenvalue weighted by atomic mass is 10.2. The van der Waals surface area contributed by atoms with Crippen molar-refractivity contribution in [2.45, 2.75) is 30.4 Å². The van der Waals surface area contributed by atoms with Crippen LogP contribution in [0, 0.1) is 0 Å². The molecule has 1 aromatic rings. The van der Waals surface area contributed by atoms with Crippen LogP contribution in [0.2, 0.25) is 0 Å². The van der Waals surface area contributed by atoms with Crippen LogP contribution >= 0.6 is 0 Å². The summed E-state index contributed by atoms with van der Waals surface area (Å²) in [5.41, 5.74) is 0.939. The predicted octanol–water partition coefficient (Wildman–Crippen LogP) is 2.09. The molecule has 2 rings (SSSR count). The molecule has 0 N–H and O–H groups in total. The number of ether oxygens (including phenoxy) is 1. The first kappa shape index (κ1) is 13.2. The molecule has 0 aromatic heterocycles. The average Bonchev–Trinajstić information content (AvgIpc) is 2.27. The highest BCUT2D eigenvalue weighted by atomic mass is 32.2. The van der Waals surface area contributed by atoms with Crippen LogP contribution < -0.4 is 9.64 Å². The molecular weight excluding hydrogens is 250 g/mol. The number of fused-ring (bicyclic) bond motifs is 1. The second-order valence-corrected chi connectivity index (χ2v) is 8.22. The fraction of sp³-hybridized carbons (Fsp3) is 0.538. The van der Waals surface area contributed by atoms with Gasteiger partial charge in [-0.05, 0) is 32.9 Å². The third-order valence-corrected chi connectivity index (χ3v) is 5.63. The Labute approximate surface area is 108 Å². The van der Waals surface area contributed by atoms with Gasteiger partial charge in [0.1, 0.15) is 12.4 Å². The van der Waals surface area contributed by atoms with Crippen molar-refractivity contribution in [2.75, 3.05) is 25.1 Å². The first-order valence-electron chi connectivity index (χ1n) is 5.96. The molecule has 5 heteroatoms. The van der Waals surface area contributed by atoms with E-state index in [0.29, 0.717) is 17.3 Å². The minimum Gasteiger partial charge on any atom is -0.490 e. The summed E-state index contributed by atoms with van der Waals surface area (Å²) >= 11 is 0. The summed E-state index contributed by atoms with van der Waals surface area (Å²) in [4.78, 5) is 2.39. The van der Waals surface area contributed by atoms with Gasteiger partial charge in [-0.2, -0.15) is 0 Å². The summed E-state index contributed by atoms with van der Waals surface area (Å²) < 4.78 is 29.4. The molecule has 18 heavy (non-hydrogen) atoms. The van der Waals surface area contributed by atoms with Crippen LogP contribution in [-0.4, -0.2) is 33.4 Å². The first-order chi connectivity index (χ1) is 8.23. The smallest absolute Gasteiger partial charge is 0.183 e. The van der Waals surface area contributed by atoms with Gasteiger partial charge in [0.05, 0.1) is 21.9 Å². The van der Waals surface area contributed by atoms with Crippen molar-refractivity contribution < 1.29 is 13.2 Å². The molecule has 1 aliphatic heterocycles. The quantitative estimate of drug-likeness (QED) is 0.783. The molecule has 4 nitrogen and oxygen atoms in total. The highest BCUT2D eigenvalue weighted by Gasteiger charge is 2.32. The Hall–Kier alpha value is -1.23. The predicted molar refractivity (Wildman–Crippen MR) is 72.1 cm³/mol. The number of likely N-dealkylation sites (N-methyl/N-ethyl adjacent to an activating group) is 1. The molecule has 0 fully saturated rings. The summed E-state index contributed by atoms with van der Waals surface area (Å²) in [6.07, 6.45) is 0. The van der Waals surface area contributed by atoms with Crippen LogP contribution in [0.5, 0.6) is 5.75 Å². The largest absolute Gasteiger partial charge is 0.490 e. The van der Waals surface area contributed by atoms with E-state index in [9.17, 15) is 8.42 Å². The lowest BCUT2D eigenvalue weighted by Crippen LogP contribution is -2.30. The molecule has 0 aliphatic carbocycles. The van der Waals surface area contributed by atoms with Gasteiger partial charge in [-0.25, -0.2) is 8.42 Å². The van der Waals surface area contributed by atoms with E-state index in [0.717, 1.165) is 12.2 Å². The Balaban J connectivity index is 2.50. The van der Waals surface area contributed by atoms with Crippen molar-refractivity contribution in [1.29, 1.82) is 0 Å². The van der Waals surface area contributed by atoms with Crippen LogP contribution in [-0.2, 0) is 9.84 Å². The van der Waals surface area contributed by atoms with E-state index in [1.54, 1.807) is 32.9 Å². The monoisotopic (exact) mass is 269 g/mol. The van der Waals surface area contributed by atoms with E-state index in [4.69, 9.17) is 4.74 Å². The molecule has 0 atom stereocenters. The second kappa shape index (κ2) is 4.16. The minimum absolute atomic E-state index is 0.323. The normalized spacial score (nSPS) is 16.1. The highest BCUT2D eigenvalue weighted by molar-refractivity contribution is 7.92. The molecule has 100 valence electrons. The van der Waals surface area contributed by atoms with Crippen LogP contribution in [0.25, 0.3) is 0 Å². The van der Waals surface area contributed by atoms with Gasteiger partial charge in [-0.1, -0.05) is 0 Å². The molecular formula is C13H19NO3S. The lowest BCUT2D eigenvalue weighted by molar-refractivity contribution is 0.310. The van der Waals surface area contributed by atoms with Crippen molar-refractivity contribution in [2.24, 2.45) is 0 Å².